The van der Waals surface area contributed by atoms with Crippen LogP contribution in [0.25, 0.3) is 77.3 Å². The van der Waals surface area contributed by atoms with E-state index in [0.29, 0.717) is 0 Å². The van der Waals surface area contributed by atoms with Gasteiger partial charge in [-0.15, -0.1) is 0 Å². The fraction of sp³-hybridized carbons (Fsp3) is 0.0909. The first-order chi connectivity index (χ1) is 22.5. The average molecular weight is 589 g/mol. The third-order valence-electron chi connectivity index (χ3n) is 9.91. The largest absolute Gasteiger partial charge is 0.244 e. The molecule has 1 aromatic heterocycles. The van der Waals surface area contributed by atoms with Crippen LogP contribution in [0.2, 0.25) is 0 Å². The zero-order valence-electron chi connectivity index (χ0n) is 26.2. The maximum atomic E-state index is 5.37. The van der Waals surface area contributed by atoms with Gasteiger partial charge in [-0.25, -0.2) is 9.97 Å². The van der Waals surface area contributed by atoms with Crippen molar-refractivity contribution < 1.29 is 0 Å². The summed E-state index contributed by atoms with van der Waals surface area (Å²) in [4.78, 5) is 10.6. The Balaban J connectivity index is 1.40. The number of aryl methyl sites for hydroxylation is 1. The summed E-state index contributed by atoms with van der Waals surface area (Å²) < 4.78 is 0. The molecule has 0 bridgehead atoms. The molecule has 0 saturated heterocycles. The van der Waals surface area contributed by atoms with Gasteiger partial charge in [0.15, 0.2) is 0 Å². The second-order valence-electron chi connectivity index (χ2n) is 13.1. The molecule has 0 saturated carbocycles. The lowest BCUT2D eigenvalue weighted by Gasteiger charge is -2.22. The molecule has 0 N–H and O–H groups in total. The van der Waals surface area contributed by atoms with E-state index in [4.69, 9.17) is 9.97 Å². The first kappa shape index (κ1) is 26.8. The van der Waals surface area contributed by atoms with Crippen molar-refractivity contribution in [1.29, 1.82) is 0 Å². The van der Waals surface area contributed by atoms with Crippen molar-refractivity contribution in [1.82, 2.24) is 9.97 Å². The lowest BCUT2D eigenvalue weighted by atomic mass is 9.81. The highest BCUT2D eigenvalue weighted by Crippen LogP contribution is 2.51. The Bertz CT molecular complexity index is 2510. The standard InChI is InChI=1S/C44H32N2/c1-27-21-23-33-35(25-27)40(29-22-24-37-34(26-29)30-15-9-10-18-36(30)44(37,2)3)31-16-7-8-17-32(31)41(33)43-42(28-13-5-4-6-14-28)45-38-19-11-12-20-39(38)46-43/h4-26H,1-3H3. The highest BCUT2D eigenvalue weighted by molar-refractivity contribution is 6.22. The van der Waals surface area contributed by atoms with Crippen LogP contribution in [0.3, 0.4) is 0 Å². The summed E-state index contributed by atoms with van der Waals surface area (Å²) >= 11 is 0. The van der Waals surface area contributed by atoms with Crippen LogP contribution in [-0.2, 0) is 5.41 Å². The third kappa shape index (κ3) is 3.90. The minimum Gasteiger partial charge on any atom is -0.244 e. The molecule has 1 heterocycles. The molecule has 9 rings (SSSR count). The smallest absolute Gasteiger partial charge is 0.0985 e. The molecular weight excluding hydrogens is 556 g/mol. The van der Waals surface area contributed by atoms with Crippen LogP contribution in [0.1, 0.15) is 30.5 Å². The maximum absolute atomic E-state index is 5.37. The Morgan fingerprint density at radius 2 is 1.04 bits per heavy atom. The van der Waals surface area contributed by atoms with Gasteiger partial charge in [0.05, 0.1) is 22.4 Å². The molecule has 2 nitrogen and oxygen atoms in total. The number of hydrogen-bond acceptors (Lipinski definition) is 2. The van der Waals surface area contributed by atoms with Crippen LogP contribution >= 0.6 is 0 Å². The fourth-order valence-corrected chi connectivity index (χ4v) is 7.71. The summed E-state index contributed by atoms with van der Waals surface area (Å²) in [6, 6.07) is 50.4. The number of hydrogen-bond donors (Lipinski definition) is 0. The normalized spacial score (nSPS) is 13.3. The van der Waals surface area contributed by atoms with Crippen molar-refractivity contribution in [2.75, 3.05) is 0 Å². The minimum absolute atomic E-state index is 0.0301. The van der Waals surface area contributed by atoms with Gasteiger partial charge < -0.3 is 0 Å². The summed E-state index contributed by atoms with van der Waals surface area (Å²) in [5.74, 6) is 0. The van der Waals surface area contributed by atoms with Gasteiger partial charge in [-0.3, -0.25) is 0 Å². The van der Waals surface area contributed by atoms with Crippen molar-refractivity contribution in [3.05, 3.63) is 156 Å². The van der Waals surface area contributed by atoms with E-state index in [9.17, 15) is 0 Å². The zero-order chi connectivity index (χ0) is 31.0. The van der Waals surface area contributed by atoms with Gasteiger partial charge in [0.1, 0.15) is 0 Å². The van der Waals surface area contributed by atoms with Crippen LogP contribution in [0.15, 0.2) is 140 Å². The van der Waals surface area contributed by atoms with Gasteiger partial charge in [0.2, 0.25) is 0 Å². The van der Waals surface area contributed by atoms with E-state index in [1.165, 1.54) is 60.5 Å². The zero-order valence-corrected chi connectivity index (χ0v) is 26.2. The molecule has 0 amide bonds. The topological polar surface area (TPSA) is 25.8 Å². The molecular formula is C44H32N2. The number of para-hydroxylation sites is 2. The van der Waals surface area contributed by atoms with E-state index >= 15 is 0 Å². The number of benzene rings is 7. The summed E-state index contributed by atoms with van der Waals surface area (Å²) in [6.45, 7) is 6.87. The Kier molecular flexibility index (Phi) is 5.79. The van der Waals surface area contributed by atoms with Gasteiger partial charge in [-0.2, -0.15) is 0 Å². The Hall–Kier alpha value is -5.60. The number of fused-ring (bicyclic) bond motifs is 6. The predicted molar refractivity (Wildman–Crippen MR) is 193 cm³/mol. The van der Waals surface area contributed by atoms with E-state index in [-0.39, 0.29) is 5.41 Å². The maximum Gasteiger partial charge on any atom is 0.0985 e. The molecule has 46 heavy (non-hydrogen) atoms. The van der Waals surface area contributed by atoms with E-state index in [1.54, 1.807) is 0 Å². The lowest BCUT2D eigenvalue weighted by Crippen LogP contribution is -2.14. The number of nitrogens with zero attached hydrogens (tertiary/aromatic N) is 2. The molecule has 2 heteroatoms. The molecule has 1 aliphatic carbocycles. The molecule has 0 fully saturated rings. The van der Waals surface area contributed by atoms with Crippen LogP contribution in [0.4, 0.5) is 0 Å². The predicted octanol–water partition coefficient (Wildman–Crippen LogP) is 11.6. The molecule has 7 aromatic carbocycles. The summed E-state index contributed by atoms with van der Waals surface area (Å²) in [6.07, 6.45) is 0. The van der Waals surface area contributed by atoms with E-state index in [1.807, 2.05) is 12.1 Å². The van der Waals surface area contributed by atoms with Crippen LogP contribution < -0.4 is 0 Å². The van der Waals surface area contributed by atoms with Crippen molar-refractivity contribution in [2.24, 2.45) is 0 Å². The minimum atomic E-state index is -0.0301. The molecule has 0 radical (unpaired) electrons. The van der Waals surface area contributed by atoms with Crippen molar-refractivity contribution in [3.63, 3.8) is 0 Å². The van der Waals surface area contributed by atoms with Crippen LogP contribution in [0, 0.1) is 6.92 Å². The number of rotatable bonds is 3. The first-order valence-electron chi connectivity index (χ1n) is 16.0. The third-order valence-corrected chi connectivity index (χ3v) is 9.91. The molecule has 0 atom stereocenters. The van der Waals surface area contributed by atoms with Gasteiger partial charge in [-0.1, -0.05) is 141 Å². The number of aromatic nitrogens is 2. The second-order valence-corrected chi connectivity index (χ2v) is 13.1. The fourth-order valence-electron chi connectivity index (χ4n) is 7.71. The van der Waals surface area contributed by atoms with Gasteiger partial charge in [-0.05, 0) is 80.0 Å². The highest BCUT2D eigenvalue weighted by atomic mass is 14.8. The Morgan fingerprint density at radius 1 is 0.435 bits per heavy atom. The quantitative estimate of drug-likeness (QED) is 0.192. The Morgan fingerprint density at radius 3 is 1.83 bits per heavy atom. The summed E-state index contributed by atoms with van der Waals surface area (Å²) in [7, 11) is 0. The SMILES string of the molecule is Cc1ccc2c(-c3nc4ccccc4nc3-c3ccccc3)c3ccccc3c(-c3ccc4c(c3)-c3ccccc3C4(C)C)c2c1. The molecule has 1 aliphatic rings. The lowest BCUT2D eigenvalue weighted by molar-refractivity contribution is 0.660. The Labute approximate surface area is 269 Å². The van der Waals surface area contributed by atoms with Crippen LogP contribution in [-0.4, -0.2) is 9.97 Å². The summed E-state index contributed by atoms with van der Waals surface area (Å²) in [5, 5.41) is 4.81. The van der Waals surface area contributed by atoms with Gasteiger partial charge in [0.25, 0.3) is 0 Å². The summed E-state index contributed by atoms with van der Waals surface area (Å²) in [5.41, 5.74) is 14.9. The second kappa shape index (κ2) is 9.95. The van der Waals surface area contributed by atoms with Gasteiger partial charge in [0, 0.05) is 16.5 Å². The molecule has 0 unspecified atom stereocenters. The molecule has 218 valence electrons. The van der Waals surface area contributed by atoms with E-state index < -0.39 is 0 Å². The average Bonchev–Trinajstić information content (AvgIpc) is 3.32. The highest BCUT2D eigenvalue weighted by Gasteiger charge is 2.35. The van der Waals surface area contributed by atoms with Crippen molar-refractivity contribution in [3.8, 4) is 44.8 Å². The monoisotopic (exact) mass is 588 g/mol. The van der Waals surface area contributed by atoms with Gasteiger partial charge >= 0.3 is 0 Å². The molecule has 0 aliphatic heterocycles. The van der Waals surface area contributed by atoms with Crippen molar-refractivity contribution in [2.45, 2.75) is 26.2 Å². The van der Waals surface area contributed by atoms with E-state index in [0.717, 1.165) is 33.5 Å². The molecule has 0 spiro atoms. The molecule has 8 aromatic rings. The van der Waals surface area contributed by atoms with Crippen molar-refractivity contribution >= 4 is 32.6 Å². The van der Waals surface area contributed by atoms with E-state index in [2.05, 4.69) is 148 Å². The van der Waals surface area contributed by atoms with Crippen LogP contribution in [0.5, 0.6) is 0 Å². The first-order valence-corrected chi connectivity index (χ1v) is 16.0.